The highest BCUT2D eigenvalue weighted by molar-refractivity contribution is 7.09. The monoisotopic (exact) mass is 264 g/mol. The molecular formula is C13H20N4S. The standard InChI is InChI=1S/C13H20N4S/c1-10-12(18-9-15-10)7-14-5-11-6-16-17(8-11)13(2,3)4/h6,8-9,14H,5,7H2,1-4H3. The third kappa shape index (κ3) is 3.17. The van der Waals surface area contributed by atoms with Crippen LogP contribution in [0.4, 0.5) is 0 Å². The third-order valence-corrected chi connectivity index (χ3v) is 3.72. The summed E-state index contributed by atoms with van der Waals surface area (Å²) in [6, 6.07) is 0. The zero-order valence-corrected chi connectivity index (χ0v) is 12.2. The van der Waals surface area contributed by atoms with E-state index in [1.807, 2.05) is 23.3 Å². The van der Waals surface area contributed by atoms with Crippen LogP contribution in [-0.4, -0.2) is 14.8 Å². The summed E-state index contributed by atoms with van der Waals surface area (Å²) in [5, 5.41) is 7.81. The van der Waals surface area contributed by atoms with Crippen molar-refractivity contribution in [1.29, 1.82) is 0 Å². The maximum absolute atomic E-state index is 4.39. The van der Waals surface area contributed by atoms with Crippen LogP contribution in [0.1, 0.15) is 36.9 Å². The molecule has 0 radical (unpaired) electrons. The number of thiazole rings is 1. The first-order valence-electron chi connectivity index (χ1n) is 6.10. The lowest BCUT2D eigenvalue weighted by Crippen LogP contribution is -2.22. The van der Waals surface area contributed by atoms with E-state index in [-0.39, 0.29) is 5.54 Å². The van der Waals surface area contributed by atoms with Gasteiger partial charge in [-0.3, -0.25) is 4.68 Å². The molecule has 0 aliphatic carbocycles. The molecule has 4 nitrogen and oxygen atoms in total. The van der Waals surface area contributed by atoms with Crippen LogP contribution in [-0.2, 0) is 18.6 Å². The number of rotatable bonds is 4. The highest BCUT2D eigenvalue weighted by atomic mass is 32.1. The molecule has 1 N–H and O–H groups in total. The first-order valence-corrected chi connectivity index (χ1v) is 6.98. The second-order valence-electron chi connectivity index (χ2n) is 5.43. The van der Waals surface area contributed by atoms with Gasteiger partial charge in [0, 0.05) is 29.7 Å². The van der Waals surface area contributed by atoms with Gasteiger partial charge in [0.2, 0.25) is 0 Å². The molecule has 0 unspecified atom stereocenters. The van der Waals surface area contributed by atoms with E-state index in [0.29, 0.717) is 0 Å². The van der Waals surface area contributed by atoms with Crippen molar-refractivity contribution in [2.45, 2.75) is 46.3 Å². The maximum Gasteiger partial charge on any atom is 0.0798 e. The molecule has 0 saturated carbocycles. The highest BCUT2D eigenvalue weighted by Crippen LogP contribution is 2.14. The minimum atomic E-state index is 0.0481. The molecule has 5 heteroatoms. The smallest absolute Gasteiger partial charge is 0.0798 e. The maximum atomic E-state index is 4.39. The number of aromatic nitrogens is 3. The van der Waals surface area contributed by atoms with E-state index in [9.17, 15) is 0 Å². The first kappa shape index (κ1) is 13.2. The fourth-order valence-electron chi connectivity index (χ4n) is 1.63. The summed E-state index contributed by atoms with van der Waals surface area (Å²) in [6.45, 7) is 10.2. The molecule has 2 rings (SSSR count). The minimum Gasteiger partial charge on any atom is -0.308 e. The first-order chi connectivity index (χ1) is 8.47. The lowest BCUT2D eigenvalue weighted by atomic mass is 10.1. The van der Waals surface area contributed by atoms with Crippen molar-refractivity contribution >= 4 is 11.3 Å². The fraction of sp³-hybridized carbons (Fsp3) is 0.538. The molecule has 0 aromatic carbocycles. The van der Waals surface area contributed by atoms with Crippen LogP contribution < -0.4 is 5.32 Å². The number of nitrogens with one attached hydrogen (secondary N) is 1. The molecule has 0 aliphatic rings. The predicted octanol–water partition coefficient (Wildman–Crippen LogP) is 2.69. The Hall–Kier alpha value is -1.20. The zero-order valence-electron chi connectivity index (χ0n) is 11.4. The van der Waals surface area contributed by atoms with Crippen molar-refractivity contribution < 1.29 is 0 Å². The van der Waals surface area contributed by atoms with Crippen molar-refractivity contribution in [2.24, 2.45) is 0 Å². The van der Waals surface area contributed by atoms with Crippen LogP contribution in [0.2, 0.25) is 0 Å². The van der Waals surface area contributed by atoms with Crippen molar-refractivity contribution in [2.75, 3.05) is 0 Å². The average Bonchev–Trinajstić information content (AvgIpc) is 2.88. The van der Waals surface area contributed by atoms with E-state index in [0.717, 1.165) is 18.8 Å². The molecule has 0 atom stereocenters. The second-order valence-corrected chi connectivity index (χ2v) is 6.37. The summed E-state index contributed by atoms with van der Waals surface area (Å²) in [5.74, 6) is 0. The Balaban J connectivity index is 1.88. The number of aryl methyl sites for hydroxylation is 1. The van der Waals surface area contributed by atoms with Gasteiger partial charge in [-0.05, 0) is 27.7 Å². The SMILES string of the molecule is Cc1ncsc1CNCc1cnn(C(C)(C)C)c1. The number of hydrogen-bond acceptors (Lipinski definition) is 4. The summed E-state index contributed by atoms with van der Waals surface area (Å²) in [6.07, 6.45) is 4.03. The molecule has 0 bridgehead atoms. The van der Waals surface area contributed by atoms with Crippen LogP contribution in [0, 0.1) is 6.92 Å². The van der Waals surface area contributed by atoms with Gasteiger partial charge in [-0.15, -0.1) is 11.3 Å². The van der Waals surface area contributed by atoms with Gasteiger partial charge in [0.1, 0.15) is 0 Å². The van der Waals surface area contributed by atoms with Gasteiger partial charge in [-0.1, -0.05) is 0 Å². The number of nitrogens with zero attached hydrogens (tertiary/aromatic N) is 3. The van der Waals surface area contributed by atoms with Crippen molar-refractivity contribution in [3.05, 3.63) is 34.0 Å². The summed E-state index contributed by atoms with van der Waals surface area (Å²) in [4.78, 5) is 5.54. The van der Waals surface area contributed by atoms with Crippen molar-refractivity contribution in [1.82, 2.24) is 20.1 Å². The highest BCUT2D eigenvalue weighted by Gasteiger charge is 2.13. The quantitative estimate of drug-likeness (QED) is 0.923. The van der Waals surface area contributed by atoms with E-state index in [2.05, 4.69) is 42.4 Å². The van der Waals surface area contributed by atoms with Gasteiger partial charge in [0.05, 0.1) is 22.9 Å². The minimum absolute atomic E-state index is 0.0481. The summed E-state index contributed by atoms with van der Waals surface area (Å²) in [5.41, 5.74) is 4.28. The van der Waals surface area contributed by atoms with Crippen LogP contribution in [0.25, 0.3) is 0 Å². The molecular weight excluding hydrogens is 244 g/mol. The zero-order chi connectivity index (χ0) is 13.2. The summed E-state index contributed by atoms with van der Waals surface area (Å²) in [7, 11) is 0. The Morgan fingerprint density at radius 3 is 2.67 bits per heavy atom. The van der Waals surface area contributed by atoms with Gasteiger partial charge in [0.25, 0.3) is 0 Å². The van der Waals surface area contributed by atoms with Gasteiger partial charge < -0.3 is 5.32 Å². The molecule has 2 heterocycles. The molecule has 0 saturated heterocycles. The van der Waals surface area contributed by atoms with Crippen LogP contribution in [0.15, 0.2) is 17.9 Å². The van der Waals surface area contributed by atoms with Crippen LogP contribution in [0.3, 0.4) is 0 Å². The topological polar surface area (TPSA) is 42.7 Å². The number of hydrogen-bond donors (Lipinski definition) is 1. The van der Waals surface area contributed by atoms with E-state index >= 15 is 0 Å². The largest absolute Gasteiger partial charge is 0.308 e. The second kappa shape index (κ2) is 5.20. The molecule has 98 valence electrons. The van der Waals surface area contributed by atoms with Crippen molar-refractivity contribution in [3.8, 4) is 0 Å². The lowest BCUT2D eigenvalue weighted by molar-refractivity contribution is 0.355. The Bertz CT molecular complexity index is 507. The summed E-state index contributed by atoms with van der Waals surface area (Å²) < 4.78 is 2.00. The Labute approximate surface area is 112 Å². The molecule has 18 heavy (non-hydrogen) atoms. The van der Waals surface area contributed by atoms with E-state index in [1.165, 1.54) is 10.4 Å². The fourth-order valence-corrected chi connectivity index (χ4v) is 2.38. The Morgan fingerprint density at radius 1 is 1.33 bits per heavy atom. The van der Waals surface area contributed by atoms with Crippen LogP contribution >= 0.6 is 11.3 Å². The molecule has 2 aromatic rings. The Kier molecular flexibility index (Phi) is 3.82. The van der Waals surface area contributed by atoms with E-state index in [1.54, 1.807) is 11.3 Å². The molecule has 0 aliphatic heterocycles. The molecule has 0 amide bonds. The van der Waals surface area contributed by atoms with Crippen LogP contribution in [0.5, 0.6) is 0 Å². The predicted molar refractivity (Wildman–Crippen MR) is 74.6 cm³/mol. The van der Waals surface area contributed by atoms with Gasteiger partial charge in [-0.2, -0.15) is 5.10 Å². The molecule has 2 aromatic heterocycles. The van der Waals surface area contributed by atoms with E-state index in [4.69, 9.17) is 0 Å². The van der Waals surface area contributed by atoms with Gasteiger partial charge in [-0.25, -0.2) is 4.98 Å². The lowest BCUT2D eigenvalue weighted by Gasteiger charge is -2.18. The van der Waals surface area contributed by atoms with Crippen molar-refractivity contribution in [3.63, 3.8) is 0 Å². The normalized spacial score (nSPS) is 12.0. The summed E-state index contributed by atoms with van der Waals surface area (Å²) >= 11 is 1.70. The van der Waals surface area contributed by atoms with Gasteiger partial charge in [0.15, 0.2) is 0 Å². The average molecular weight is 264 g/mol. The van der Waals surface area contributed by atoms with Gasteiger partial charge >= 0.3 is 0 Å². The van der Waals surface area contributed by atoms with E-state index < -0.39 is 0 Å². The third-order valence-electron chi connectivity index (χ3n) is 2.78. The molecule has 0 spiro atoms. The Morgan fingerprint density at radius 2 is 2.11 bits per heavy atom. The molecule has 0 fully saturated rings.